The zero-order valence-corrected chi connectivity index (χ0v) is 16.4. The van der Waals surface area contributed by atoms with E-state index in [1.165, 1.54) is 0 Å². The Morgan fingerprint density at radius 1 is 1.10 bits per heavy atom. The molecule has 1 fully saturated rings. The van der Waals surface area contributed by atoms with E-state index in [4.69, 9.17) is 4.42 Å². The van der Waals surface area contributed by atoms with E-state index >= 15 is 0 Å². The fourth-order valence-electron chi connectivity index (χ4n) is 4.03. The van der Waals surface area contributed by atoms with Crippen LogP contribution in [-0.2, 0) is 0 Å². The van der Waals surface area contributed by atoms with Crippen molar-refractivity contribution in [2.75, 3.05) is 18.0 Å². The van der Waals surface area contributed by atoms with E-state index < -0.39 is 5.63 Å². The average molecular weight is 390 g/mol. The van der Waals surface area contributed by atoms with Crippen LogP contribution in [0.1, 0.15) is 24.2 Å². The molecule has 0 aliphatic carbocycles. The van der Waals surface area contributed by atoms with Crippen molar-refractivity contribution in [2.24, 2.45) is 0 Å². The second-order valence-corrected chi connectivity index (χ2v) is 7.71. The molecule has 4 aromatic rings. The van der Waals surface area contributed by atoms with E-state index in [0.29, 0.717) is 16.8 Å². The molecule has 5 rings (SSSR count). The Morgan fingerprint density at radius 2 is 1.90 bits per heavy atom. The first kappa shape index (κ1) is 17.9. The lowest BCUT2D eigenvalue weighted by Gasteiger charge is -2.31. The van der Waals surface area contributed by atoms with Crippen molar-refractivity contribution in [1.82, 2.24) is 14.4 Å². The van der Waals surface area contributed by atoms with Gasteiger partial charge in [-0.3, -0.25) is 4.98 Å². The molecule has 0 spiro atoms. The second-order valence-electron chi connectivity index (χ2n) is 7.71. The van der Waals surface area contributed by atoms with Crippen LogP contribution >= 0.6 is 0 Å². The number of benzene rings is 1. The third kappa shape index (κ3) is 3.17. The van der Waals surface area contributed by atoms with Crippen molar-refractivity contribution in [3.8, 4) is 11.3 Å². The number of aliphatic hydroxyl groups is 1. The molecular weight excluding hydrogens is 368 g/mol. The van der Waals surface area contributed by atoms with Gasteiger partial charge in [-0.15, -0.1) is 0 Å². The number of piperidine rings is 1. The molecule has 1 aromatic carbocycles. The highest BCUT2D eigenvalue weighted by Crippen LogP contribution is 2.27. The molecule has 0 atom stereocenters. The largest absolute Gasteiger partial charge is 0.422 e. The van der Waals surface area contributed by atoms with Crippen LogP contribution in [-0.4, -0.2) is 38.7 Å². The number of aryl methyl sites for hydroxylation is 2. The molecule has 0 unspecified atom stereocenters. The summed E-state index contributed by atoms with van der Waals surface area (Å²) in [5.74, 6) is 0. The van der Waals surface area contributed by atoms with E-state index in [1.807, 2.05) is 54.9 Å². The van der Waals surface area contributed by atoms with Crippen LogP contribution in [0.15, 0.2) is 45.9 Å². The first-order valence-electron chi connectivity index (χ1n) is 9.82. The van der Waals surface area contributed by atoms with Crippen LogP contribution < -0.4 is 10.5 Å². The first-order valence-corrected chi connectivity index (χ1v) is 9.82. The summed E-state index contributed by atoms with van der Waals surface area (Å²) in [6.07, 6.45) is 5.01. The third-order valence-electron chi connectivity index (χ3n) is 5.55. The predicted octanol–water partition coefficient (Wildman–Crippen LogP) is 3.08. The molecule has 0 saturated carbocycles. The highest BCUT2D eigenvalue weighted by molar-refractivity contribution is 5.84. The van der Waals surface area contributed by atoms with E-state index in [0.717, 1.165) is 54.0 Å². The summed E-state index contributed by atoms with van der Waals surface area (Å²) < 4.78 is 7.55. The molecule has 1 saturated heterocycles. The Labute approximate surface area is 167 Å². The lowest BCUT2D eigenvalue weighted by Crippen LogP contribution is -2.35. The minimum atomic E-state index is -0.408. The summed E-state index contributed by atoms with van der Waals surface area (Å²) in [6.45, 7) is 5.42. The Hall–Kier alpha value is -3.19. The highest BCUT2D eigenvalue weighted by Gasteiger charge is 2.18. The second kappa shape index (κ2) is 6.70. The molecule has 1 N–H and O–H groups in total. The van der Waals surface area contributed by atoms with Gasteiger partial charge >= 0.3 is 5.63 Å². The fourth-order valence-corrected chi connectivity index (χ4v) is 4.03. The van der Waals surface area contributed by atoms with Crippen LogP contribution in [0.25, 0.3) is 27.9 Å². The maximum Gasteiger partial charge on any atom is 0.345 e. The molecule has 0 radical (unpaired) electrons. The molecule has 0 amide bonds. The summed E-state index contributed by atoms with van der Waals surface area (Å²) in [5, 5.41) is 10.6. The number of anilines is 1. The number of aliphatic hydroxyl groups excluding tert-OH is 1. The summed E-state index contributed by atoms with van der Waals surface area (Å²) >= 11 is 0. The number of aromatic nitrogens is 3. The smallest absolute Gasteiger partial charge is 0.345 e. The molecule has 7 heteroatoms. The number of hydrogen-bond acceptors (Lipinski definition) is 6. The third-order valence-corrected chi connectivity index (χ3v) is 5.55. The zero-order chi connectivity index (χ0) is 20.1. The van der Waals surface area contributed by atoms with Crippen LogP contribution in [0.5, 0.6) is 0 Å². The predicted molar refractivity (Wildman–Crippen MR) is 111 cm³/mol. The van der Waals surface area contributed by atoms with Crippen LogP contribution in [0.2, 0.25) is 0 Å². The summed E-state index contributed by atoms with van der Waals surface area (Å²) in [5.41, 5.74) is 4.60. The van der Waals surface area contributed by atoms with Crippen molar-refractivity contribution in [3.05, 3.63) is 58.5 Å². The fraction of sp³-hybridized carbons (Fsp3) is 0.318. The van der Waals surface area contributed by atoms with Gasteiger partial charge < -0.3 is 18.8 Å². The van der Waals surface area contributed by atoms with Gasteiger partial charge in [-0.1, -0.05) is 0 Å². The highest BCUT2D eigenvalue weighted by atomic mass is 16.4. The van der Waals surface area contributed by atoms with Crippen LogP contribution in [0, 0.1) is 13.8 Å². The Balaban J connectivity index is 1.56. The quantitative estimate of drug-likeness (QED) is 0.530. The Morgan fingerprint density at radius 3 is 2.69 bits per heavy atom. The number of imidazole rings is 1. The Kier molecular flexibility index (Phi) is 4.13. The van der Waals surface area contributed by atoms with Gasteiger partial charge in [-0.25, -0.2) is 9.78 Å². The van der Waals surface area contributed by atoms with E-state index in [9.17, 15) is 9.90 Å². The molecule has 1 aliphatic rings. The van der Waals surface area contributed by atoms with E-state index in [1.54, 1.807) is 0 Å². The van der Waals surface area contributed by atoms with Gasteiger partial charge in [0.1, 0.15) is 5.58 Å². The molecular formula is C22H22N4O3. The SMILES string of the molecule is Cc1cn2cc(-c3cc4ccc(N5CCC(O)CC5)cc4oc3=O)nc2c(C)n1. The maximum absolute atomic E-state index is 12.7. The zero-order valence-electron chi connectivity index (χ0n) is 16.4. The van der Waals surface area contributed by atoms with Crippen molar-refractivity contribution in [3.63, 3.8) is 0 Å². The minimum absolute atomic E-state index is 0.222. The maximum atomic E-state index is 12.7. The summed E-state index contributed by atoms with van der Waals surface area (Å²) in [7, 11) is 0. The molecule has 1 aliphatic heterocycles. The summed E-state index contributed by atoms with van der Waals surface area (Å²) in [4.78, 5) is 24.0. The van der Waals surface area contributed by atoms with Gasteiger partial charge in [0.25, 0.3) is 0 Å². The Bertz CT molecular complexity index is 1280. The number of hydrogen-bond donors (Lipinski definition) is 1. The lowest BCUT2D eigenvalue weighted by molar-refractivity contribution is 0.145. The van der Waals surface area contributed by atoms with Gasteiger partial charge in [-0.2, -0.15) is 0 Å². The molecule has 148 valence electrons. The standard InChI is InChI=1S/C22H22N4O3/c1-13-11-26-12-19(24-21(26)14(2)23-13)18-9-15-3-4-16(10-20(15)29-22(18)28)25-7-5-17(27)6-8-25/h3-4,9-12,17,27H,5-8H2,1-2H3. The molecule has 3 aromatic heterocycles. The number of nitrogens with zero attached hydrogens (tertiary/aromatic N) is 4. The van der Waals surface area contributed by atoms with Gasteiger partial charge in [0.05, 0.1) is 28.7 Å². The normalized spacial score (nSPS) is 15.5. The van der Waals surface area contributed by atoms with Gasteiger partial charge in [0.15, 0.2) is 5.65 Å². The average Bonchev–Trinajstić information content (AvgIpc) is 3.11. The van der Waals surface area contributed by atoms with Gasteiger partial charge in [0, 0.05) is 42.6 Å². The molecule has 7 nitrogen and oxygen atoms in total. The van der Waals surface area contributed by atoms with E-state index in [2.05, 4.69) is 14.9 Å². The van der Waals surface area contributed by atoms with Crippen molar-refractivity contribution >= 4 is 22.3 Å². The lowest BCUT2D eigenvalue weighted by atomic mass is 10.1. The monoisotopic (exact) mass is 390 g/mol. The van der Waals surface area contributed by atoms with Crippen LogP contribution in [0.3, 0.4) is 0 Å². The van der Waals surface area contributed by atoms with E-state index in [-0.39, 0.29) is 6.10 Å². The van der Waals surface area contributed by atoms with Crippen molar-refractivity contribution in [1.29, 1.82) is 0 Å². The first-order chi connectivity index (χ1) is 14.0. The van der Waals surface area contributed by atoms with Crippen molar-refractivity contribution < 1.29 is 9.52 Å². The number of rotatable bonds is 2. The minimum Gasteiger partial charge on any atom is -0.422 e. The molecule has 4 heterocycles. The molecule has 29 heavy (non-hydrogen) atoms. The summed E-state index contributed by atoms with van der Waals surface area (Å²) in [6, 6.07) is 7.74. The van der Waals surface area contributed by atoms with Crippen molar-refractivity contribution in [2.45, 2.75) is 32.8 Å². The van der Waals surface area contributed by atoms with Crippen LogP contribution in [0.4, 0.5) is 5.69 Å². The number of fused-ring (bicyclic) bond motifs is 2. The topological polar surface area (TPSA) is 83.9 Å². The molecule has 0 bridgehead atoms. The van der Waals surface area contributed by atoms with Gasteiger partial charge in [-0.05, 0) is 44.9 Å². The van der Waals surface area contributed by atoms with Gasteiger partial charge in [0.2, 0.25) is 0 Å².